The van der Waals surface area contributed by atoms with Crippen LogP contribution in [0.15, 0.2) is 6.20 Å². The lowest BCUT2D eigenvalue weighted by Gasteiger charge is -2.47. The third kappa shape index (κ3) is 3.06. The molecule has 0 aliphatic carbocycles. The molecule has 17 heavy (non-hydrogen) atoms. The molecule has 1 aliphatic rings. The van der Waals surface area contributed by atoms with Crippen LogP contribution in [-0.2, 0) is 14.3 Å². The lowest BCUT2D eigenvalue weighted by Crippen LogP contribution is -2.62. The number of hydrazine groups is 1. The van der Waals surface area contributed by atoms with Gasteiger partial charge in [-0.05, 0) is 5.92 Å². The fraction of sp³-hybridized carbons (Fsp3) is 0.727. The topological polar surface area (TPSA) is 70.1 Å². The van der Waals surface area contributed by atoms with Crippen LogP contribution in [0.5, 0.6) is 0 Å². The van der Waals surface area contributed by atoms with Gasteiger partial charge in [-0.15, -0.1) is 0 Å². The summed E-state index contributed by atoms with van der Waals surface area (Å²) in [5.74, 6) is 0.581. The van der Waals surface area contributed by atoms with Gasteiger partial charge < -0.3 is 9.84 Å². The highest BCUT2D eigenvalue weighted by Gasteiger charge is 2.37. The molecule has 1 saturated heterocycles. The molecule has 1 rings (SSSR count). The fourth-order valence-electron chi connectivity index (χ4n) is 1.85. The Morgan fingerprint density at radius 1 is 1.59 bits per heavy atom. The Balaban J connectivity index is 2.77. The first-order chi connectivity index (χ1) is 8.01. The summed E-state index contributed by atoms with van der Waals surface area (Å²) < 4.78 is 5.12. The van der Waals surface area contributed by atoms with Gasteiger partial charge in [-0.3, -0.25) is 5.01 Å². The zero-order valence-electron chi connectivity index (χ0n) is 10.3. The average molecular weight is 242 g/mol. The number of rotatable bonds is 6. The van der Waals surface area contributed by atoms with E-state index in [1.807, 2.05) is 0 Å². The van der Waals surface area contributed by atoms with Gasteiger partial charge >= 0.3 is 5.97 Å². The van der Waals surface area contributed by atoms with Crippen molar-refractivity contribution in [1.29, 1.82) is 0 Å². The molecular weight excluding hydrogens is 224 g/mol. The van der Waals surface area contributed by atoms with E-state index in [9.17, 15) is 14.7 Å². The first-order valence-corrected chi connectivity index (χ1v) is 5.51. The van der Waals surface area contributed by atoms with Crippen molar-refractivity contribution in [3.8, 4) is 0 Å². The standard InChI is InChI=1S/C11H18N2O4/c1-8(2)10(11(15)16)13(4-5-14)12-6-9(7-12)17-3/h4,8-10H,6-7H2,1-3H3,(H,15,16). The number of carbonyl (C=O) groups is 1. The summed E-state index contributed by atoms with van der Waals surface area (Å²) >= 11 is 0. The quantitative estimate of drug-likeness (QED) is 0.661. The van der Waals surface area contributed by atoms with Crippen LogP contribution in [0, 0.1) is 5.92 Å². The maximum absolute atomic E-state index is 11.2. The number of carboxylic acid groups (broad SMARTS) is 1. The molecule has 1 aliphatic heterocycles. The molecule has 1 unspecified atom stereocenters. The summed E-state index contributed by atoms with van der Waals surface area (Å²) in [4.78, 5) is 21.7. The summed E-state index contributed by atoms with van der Waals surface area (Å²) in [6.07, 6.45) is 1.24. The number of aliphatic carboxylic acids is 1. The van der Waals surface area contributed by atoms with Crippen LogP contribution in [0.4, 0.5) is 0 Å². The van der Waals surface area contributed by atoms with Crippen molar-refractivity contribution in [3.63, 3.8) is 0 Å². The third-order valence-corrected chi connectivity index (χ3v) is 2.84. The maximum Gasteiger partial charge on any atom is 0.328 e. The van der Waals surface area contributed by atoms with Crippen molar-refractivity contribution in [1.82, 2.24) is 10.0 Å². The van der Waals surface area contributed by atoms with Crippen molar-refractivity contribution in [3.05, 3.63) is 6.20 Å². The molecule has 0 radical (unpaired) electrons. The molecule has 0 saturated carbocycles. The van der Waals surface area contributed by atoms with Crippen LogP contribution in [0.1, 0.15) is 13.8 Å². The van der Waals surface area contributed by atoms with Gasteiger partial charge in [0, 0.05) is 20.2 Å². The molecule has 6 heteroatoms. The van der Waals surface area contributed by atoms with Crippen LogP contribution in [-0.4, -0.2) is 59.4 Å². The van der Waals surface area contributed by atoms with Crippen molar-refractivity contribution in [2.45, 2.75) is 26.0 Å². The summed E-state index contributed by atoms with van der Waals surface area (Å²) in [6.45, 7) is 4.78. The molecule has 0 amide bonds. The zero-order chi connectivity index (χ0) is 13.0. The third-order valence-electron chi connectivity index (χ3n) is 2.84. The predicted octanol–water partition coefficient (Wildman–Crippen LogP) is -0.0115. The summed E-state index contributed by atoms with van der Waals surface area (Å²) in [7, 11) is 1.61. The Hall–Kier alpha value is -1.36. The Morgan fingerprint density at radius 3 is 2.53 bits per heavy atom. The second-order valence-electron chi connectivity index (χ2n) is 4.38. The Morgan fingerprint density at radius 2 is 2.18 bits per heavy atom. The largest absolute Gasteiger partial charge is 0.480 e. The molecule has 0 bridgehead atoms. The molecule has 1 heterocycles. The van der Waals surface area contributed by atoms with E-state index in [4.69, 9.17) is 4.74 Å². The van der Waals surface area contributed by atoms with Gasteiger partial charge in [-0.25, -0.2) is 14.6 Å². The minimum atomic E-state index is -0.952. The lowest BCUT2D eigenvalue weighted by atomic mass is 10.0. The first kappa shape index (κ1) is 13.7. The average Bonchev–Trinajstić information content (AvgIpc) is 2.14. The molecule has 0 aromatic rings. The monoisotopic (exact) mass is 242 g/mol. The van der Waals surface area contributed by atoms with Gasteiger partial charge in [-0.1, -0.05) is 13.8 Å². The van der Waals surface area contributed by atoms with Crippen LogP contribution < -0.4 is 0 Å². The van der Waals surface area contributed by atoms with E-state index < -0.39 is 12.0 Å². The van der Waals surface area contributed by atoms with Crippen molar-refractivity contribution < 1.29 is 19.4 Å². The molecule has 0 spiro atoms. The van der Waals surface area contributed by atoms with Gasteiger partial charge in [-0.2, -0.15) is 0 Å². The van der Waals surface area contributed by atoms with E-state index in [1.165, 1.54) is 5.01 Å². The van der Waals surface area contributed by atoms with Crippen molar-refractivity contribution in [2.75, 3.05) is 20.2 Å². The number of carbonyl (C=O) groups excluding carboxylic acids is 1. The smallest absolute Gasteiger partial charge is 0.328 e. The first-order valence-electron chi connectivity index (χ1n) is 5.51. The minimum Gasteiger partial charge on any atom is -0.480 e. The normalized spacial score (nSPS) is 18.4. The molecule has 1 fully saturated rings. The highest BCUT2D eigenvalue weighted by Crippen LogP contribution is 2.20. The number of hydrogen-bond acceptors (Lipinski definition) is 5. The van der Waals surface area contributed by atoms with Crippen LogP contribution >= 0.6 is 0 Å². The van der Waals surface area contributed by atoms with Gasteiger partial charge in [0.15, 0.2) is 0 Å². The second-order valence-corrected chi connectivity index (χ2v) is 4.38. The minimum absolute atomic E-state index is 0.0964. The summed E-state index contributed by atoms with van der Waals surface area (Å²) in [5, 5.41) is 12.4. The molecule has 6 nitrogen and oxygen atoms in total. The molecule has 1 N–H and O–H groups in total. The maximum atomic E-state index is 11.2. The van der Waals surface area contributed by atoms with Gasteiger partial charge in [0.2, 0.25) is 0 Å². The van der Waals surface area contributed by atoms with E-state index in [-0.39, 0.29) is 12.0 Å². The zero-order valence-corrected chi connectivity index (χ0v) is 10.3. The Kier molecular flexibility index (Phi) is 4.69. The SMILES string of the molecule is COC1CN(N(C=C=O)C(C(=O)O)C(C)C)C1. The van der Waals surface area contributed by atoms with Crippen LogP contribution in [0.3, 0.4) is 0 Å². The predicted molar refractivity (Wildman–Crippen MR) is 60.7 cm³/mol. The van der Waals surface area contributed by atoms with E-state index in [0.29, 0.717) is 13.1 Å². The lowest BCUT2D eigenvalue weighted by molar-refractivity contribution is -0.171. The van der Waals surface area contributed by atoms with Crippen LogP contribution in [0.2, 0.25) is 0 Å². The second kappa shape index (κ2) is 5.82. The van der Waals surface area contributed by atoms with Gasteiger partial charge in [0.1, 0.15) is 18.2 Å². The molecule has 96 valence electrons. The van der Waals surface area contributed by atoms with E-state index in [2.05, 4.69) is 0 Å². The molecule has 1 atom stereocenters. The van der Waals surface area contributed by atoms with E-state index in [1.54, 1.807) is 31.9 Å². The van der Waals surface area contributed by atoms with Crippen molar-refractivity contribution >= 4 is 11.9 Å². The van der Waals surface area contributed by atoms with Crippen LogP contribution in [0.25, 0.3) is 0 Å². The number of hydrogen-bond donors (Lipinski definition) is 1. The van der Waals surface area contributed by atoms with E-state index >= 15 is 0 Å². The Labute approximate surface area is 100 Å². The number of carboxylic acids is 1. The molecule has 0 aromatic carbocycles. The summed E-state index contributed by atoms with van der Waals surface area (Å²) in [5.41, 5.74) is 0. The van der Waals surface area contributed by atoms with Gasteiger partial charge in [0.25, 0.3) is 0 Å². The van der Waals surface area contributed by atoms with Gasteiger partial charge in [0.05, 0.1) is 6.10 Å². The number of methoxy groups -OCH3 is 1. The molecule has 0 aromatic heterocycles. The fourth-order valence-corrected chi connectivity index (χ4v) is 1.85. The van der Waals surface area contributed by atoms with E-state index in [0.717, 1.165) is 6.20 Å². The summed E-state index contributed by atoms with van der Waals surface area (Å²) in [6, 6.07) is -0.755. The number of ether oxygens (including phenoxy) is 1. The van der Waals surface area contributed by atoms with Crippen molar-refractivity contribution in [2.24, 2.45) is 5.92 Å². The highest BCUT2D eigenvalue weighted by atomic mass is 16.5. The Bertz CT molecular complexity index is 319. The molecular formula is C11H18N2O4. The number of nitrogens with zero attached hydrogens (tertiary/aromatic N) is 2. The highest BCUT2D eigenvalue weighted by molar-refractivity contribution is 5.74.